The fourth-order valence-electron chi connectivity index (χ4n) is 1.61. The molecule has 0 amide bonds. The molecule has 0 fully saturated rings. The molecular formula is C15H16ClNOS. The van der Waals surface area contributed by atoms with Crippen LogP contribution in [-0.2, 0) is 11.8 Å². The van der Waals surface area contributed by atoms with Gasteiger partial charge in [0.2, 0.25) is 0 Å². The van der Waals surface area contributed by atoms with E-state index in [9.17, 15) is 4.79 Å². The molecule has 0 bridgehead atoms. The zero-order valence-electron chi connectivity index (χ0n) is 11.2. The van der Waals surface area contributed by atoms with Crippen LogP contribution in [0.25, 0.3) is 0 Å². The van der Waals surface area contributed by atoms with E-state index in [0.717, 1.165) is 10.7 Å². The average Bonchev–Trinajstić information content (AvgIpc) is 2.78. The van der Waals surface area contributed by atoms with E-state index in [-0.39, 0.29) is 11.2 Å². The number of thiazole rings is 1. The summed E-state index contributed by atoms with van der Waals surface area (Å²) in [5.74, 6) is 0.0754. The predicted molar refractivity (Wildman–Crippen MR) is 80.3 cm³/mol. The quantitative estimate of drug-likeness (QED) is 0.779. The number of rotatable bonds is 3. The van der Waals surface area contributed by atoms with Crippen LogP contribution in [0.4, 0.5) is 0 Å². The van der Waals surface area contributed by atoms with Crippen molar-refractivity contribution >= 4 is 28.7 Å². The summed E-state index contributed by atoms with van der Waals surface area (Å²) in [5.41, 5.74) is 1.74. The molecule has 1 aromatic heterocycles. The summed E-state index contributed by atoms with van der Waals surface area (Å²) in [4.78, 5) is 16.6. The standard InChI is InChI=1S/C15H16ClNOS/c1-15(2,3)13-9-19-14(17-13)8-12(18)10-4-6-11(16)7-5-10/h4-7,9H,8H2,1-3H3. The third-order valence-electron chi connectivity index (χ3n) is 2.80. The van der Waals surface area contributed by atoms with E-state index in [4.69, 9.17) is 11.6 Å². The van der Waals surface area contributed by atoms with Crippen molar-refractivity contribution in [3.05, 3.63) is 50.9 Å². The van der Waals surface area contributed by atoms with Gasteiger partial charge in [0.25, 0.3) is 0 Å². The van der Waals surface area contributed by atoms with Crippen LogP contribution in [-0.4, -0.2) is 10.8 Å². The number of hydrogen-bond donors (Lipinski definition) is 0. The van der Waals surface area contributed by atoms with Crippen molar-refractivity contribution in [2.75, 3.05) is 0 Å². The van der Waals surface area contributed by atoms with Gasteiger partial charge in [-0.15, -0.1) is 11.3 Å². The van der Waals surface area contributed by atoms with Crippen LogP contribution in [0.1, 0.15) is 41.8 Å². The first kappa shape index (κ1) is 14.2. The Morgan fingerprint density at radius 3 is 2.42 bits per heavy atom. The van der Waals surface area contributed by atoms with Crippen LogP contribution in [0.15, 0.2) is 29.6 Å². The van der Waals surface area contributed by atoms with Crippen molar-refractivity contribution in [1.82, 2.24) is 4.98 Å². The molecular weight excluding hydrogens is 278 g/mol. The minimum absolute atomic E-state index is 0.0259. The van der Waals surface area contributed by atoms with Gasteiger partial charge in [0, 0.05) is 21.4 Å². The molecule has 1 aromatic carbocycles. The highest BCUT2D eigenvalue weighted by molar-refractivity contribution is 7.09. The van der Waals surface area contributed by atoms with Gasteiger partial charge in [0.05, 0.1) is 12.1 Å². The second-order valence-corrected chi connectivity index (χ2v) is 6.86. The number of benzene rings is 1. The monoisotopic (exact) mass is 293 g/mol. The lowest BCUT2D eigenvalue weighted by Gasteiger charge is -2.14. The molecule has 2 aromatic rings. The van der Waals surface area contributed by atoms with E-state index in [1.54, 1.807) is 35.6 Å². The maximum Gasteiger partial charge on any atom is 0.169 e. The van der Waals surface area contributed by atoms with Gasteiger partial charge in [-0.2, -0.15) is 0 Å². The number of carbonyl (C=O) groups excluding carboxylic acids is 1. The van der Waals surface area contributed by atoms with Gasteiger partial charge in [-0.3, -0.25) is 4.79 Å². The van der Waals surface area contributed by atoms with Crippen LogP contribution in [0.2, 0.25) is 5.02 Å². The number of nitrogens with zero attached hydrogens (tertiary/aromatic N) is 1. The molecule has 0 N–H and O–H groups in total. The molecule has 2 nitrogen and oxygen atoms in total. The summed E-state index contributed by atoms with van der Waals surface area (Å²) in [6.07, 6.45) is 0.350. The Morgan fingerprint density at radius 2 is 1.89 bits per heavy atom. The van der Waals surface area contributed by atoms with E-state index in [1.165, 1.54) is 0 Å². The first-order valence-corrected chi connectivity index (χ1v) is 7.35. The largest absolute Gasteiger partial charge is 0.294 e. The van der Waals surface area contributed by atoms with Gasteiger partial charge in [0.1, 0.15) is 5.01 Å². The Morgan fingerprint density at radius 1 is 1.26 bits per heavy atom. The lowest BCUT2D eigenvalue weighted by Crippen LogP contribution is -2.12. The van der Waals surface area contributed by atoms with Gasteiger partial charge in [-0.1, -0.05) is 32.4 Å². The van der Waals surface area contributed by atoms with E-state index in [2.05, 4.69) is 25.8 Å². The number of Topliss-reactive ketones (excluding diaryl/α,β-unsaturated/α-hetero) is 1. The van der Waals surface area contributed by atoms with Gasteiger partial charge in [-0.25, -0.2) is 4.98 Å². The highest BCUT2D eigenvalue weighted by Crippen LogP contribution is 2.24. The van der Waals surface area contributed by atoms with Crippen LogP contribution in [0, 0.1) is 0 Å². The van der Waals surface area contributed by atoms with Crippen molar-refractivity contribution in [2.24, 2.45) is 0 Å². The molecule has 0 aliphatic heterocycles. The zero-order chi connectivity index (χ0) is 14.0. The van der Waals surface area contributed by atoms with E-state index in [1.807, 2.05) is 5.38 Å². The molecule has 0 saturated heterocycles. The van der Waals surface area contributed by atoms with Gasteiger partial charge in [0.15, 0.2) is 5.78 Å². The van der Waals surface area contributed by atoms with Crippen molar-refractivity contribution in [1.29, 1.82) is 0 Å². The number of ketones is 1. The summed E-state index contributed by atoms with van der Waals surface area (Å²) in [6.45, 7) is 6.35. The number of hydrogen-bond acceptors (Lipinski definition) is 3. The van der Waals surface area contributed by atoms with Gasteiger partial charge >= 0.3 is 0 Å². The first-order valence-electron chi connectivity index (χ1n) is 6.10. The molecule has 4 heteroatoms. The predicted octanol–water partition coefficient (Wildman–Crippen LogP) is 4.52. The Labute approximate surface area is 122 Å². The second-order valence-electron chi connectivity index (χ2n) is 5.48. The second kappa shape index (κ2) is 5.43. The number of halogens is 1. The van der Waals surface area contributed by atoms with Gasteiger partial charge < -0.3 is 0 Å². The summed E-state index contributed by atoms with van der Waals surface area (Å²) in [5, 5.41) is 3.54. The molecule has 1 heterocycles. The maximum atomic E-state index is 12.1. The van der Waals surface area contributed by atoms with E-state index >= 15 is 0 Å². The van der Waals surface area contributed by atoms with Crippen LogP contribution in [0.5, 0.6) is 0 Å². The summed E-state index contributed by atoms with van der Waals surface area (Å²) >= 11 is 7.35. The molecule has 0 atom stereocenters. The Balaban J connectivity index is 2.11. The molecule has 0 aliphatic carbocycles. The lowest BCUT2D eigenvalue weighted by atomic mass is 9.93. The van der Waals surface area contributed by atoms with E-state index < -0.39 is 0 Å². The highest BCUT2D eigenvalue weighted by atomic mass is 35.5. The van der Waals surface area contributed by atoms with Crippen LogP contribution >= 0.6 is 22.9 Å². The minimum atomic E-state index is 0.0259. The molecule has 0 spiro atoms. The van der Waals surface area contributed by atoms with Crippen molar-refractivity contribution in [3.63, 3.8) is 0 Å². The Kier molecular flexibility index (Phi) is 4.07. The average molecular weight is 294 g/mol. The first-order chi connectivity index (χ1) is 8.86. The third kappa shape index (κ3) is 3.64. The Bertz CT molecular complexity index is 581. The molecule has 0 aliphatic rings. The maximum absolute atomic E-state index is 12.1. The fraction of sp³-hybridized carbons (Fsp3) is 0.333. The van der Waals surface area contributed by atoms with E-state index in [0.29, 0.717) is 17.0 Å². The van der Waals surface area contributed by atoms with Crippen molar-refractivity contribution in [3.8, 4) is 0 Å². The smallest absolute Gasteiger partial charge is 0.169 e. The lowest BCUT2D eigenvalue weighted by molar-refractivity contribution is 0.0993. The SMILES string of the molecule is CC(C)(C)c1csc(CC(=O)c2ccc(Cl)cc2)n1. The van der Waals surface area contributed by atoms with Crippen LogP contribution < -0.4 is 0 Å². The normalized spacial score (nSPS) is 11.6. The zero-order valence-corrected chi connectivity index (χ0v) is 12.8. The molecule has 0 saturated carbocycles. The highest BCUT2D eigenvalue weighted by Gasteiger charge is 2.18. The summed E-state index contributed by atoms with van der Waals surface area (Å²) < 4.78 is 0. The number of aromatic nitrogens is 1. The summed E-state index contributed by atoms with van der Waals surface area (Å²) in [6, 6.07) is 6.97. The molecule has 0 radical (unpaired) electrons. The molecule has 2 rings (SSSR count). The topological polar surface area (TPSA) is 30.0 Å². The molecule has 0 unspecified atom stereocenters. The Hall–Kier alpha value is -1.19. The van der Waals surface area contributed by atoms with Crippen LogP contribution in [0.3, 0.4) is 0 Å². The van der Waals surface area contributed by atoms with Crippen molar-refractivity contribution in [2.45, 2.75) is 32.6 Å². The third-order valence-corrected chi connectivity index (χ3v) is 3.90. The van der Waals surface area contributed by atoms with Gasteiger partial charge in [-0.05, 0) is 24.3 Å². The summed E-state index contributed by atoms with van der Waals surface area (Å²) in [7, 11) is 0. The molecule has 100 valence electrons. The minimum Gasteiger partial charge on any atom is -0.294 e. The molecule has 19 heavy (non-hydrogen) atoms. The number of carbonyl (C=O) groups is 1. The van der Waals surface area contributed by atoms with Crippen molar-refractivity contribution < 1.29 is 4.79 Å². The fourth-order valence-corrected chi connectivity index (χ4v) is 2.76.